The van der Waals surface area contributed by atoms with Crippen LogP contribution >= 0.6 is 12.2 Å². The topological polar surface area (TPSA) is 65.6 Å². The number of H-pyrrole nitrogens is 1. The molecule has 0 spiro atoms. The summed E-state index contributed by atoms with van der Waals surface area (Å²) in [6, 6.07) is 3.98. The molecule has 0 unspecified atom stereocenters. The van der Waals surface area contributed by atoms with Gasteiger partial charge >= 0.3 is 0 Å². The molecule has 3 N–H and O–H groups in total. The number of rotatable bonds is 2. The lowest BCUT2D eigenvalue weighted by Crippen LogP contribution is -2.04. The fourth-order valence-corrected chi connectivity index (χ4v) is 1.52. The monoisotopic (exact) mass is 207 g/mol. The van der Waals surface area contributed by atoms with Gasteiger partial charge in [0.15, 0.2) is 0 Å². The van der Waals surface area contributed by atoms with Crippen molar-refractivity contribution in [2.75, 3.05) is 0 Å². The van der Waals surface area contributed by atoms with Crippen molar-refractivity contribution in [3.63, 3.8) is 0 Å². The molecule has 0 fully saturated rings. The number of pyridine rings is 1. The van der Waals surface area contributed by atoms with E-state index >= 15 is 0 Å². The van der Waals surface area contributed by atoms with Gasteiger partial charge in [-0.25, -0.2) is 0 Å². The first kappa shape index (κ1) is 10.9. The van der Waals surface area contributed by atoms with Crippen molar-refractivity contribution in [3.8, 4) is 6.07 Å². The van der Waals surface area contributed by atoms with E-state index in [0.717, 1.165) is 11.3 Å². The number of hydrogen-bond acceptors (Lipinski definition) is 3. The molecule has 0 bridgehead atoms. The summed E-state index contributed by atoms with van der Waals surface area (Å²) in [7, 11) is 0. The maximum Gasteiger partial charge on any atom is 0.121 e. The summed E-state index contributed by atoms with van der Waals surface area (Å²) in [6.45, 7) is 4.47. The Morgan fingerprint density at radius 3 is 2.71 bits per heavy atom. The Bertz CT molecular complexity index is 426. The highest BCUT2D eigenvalue weighted by Gasteiger charge is 2.07. The van der Waals surface area contributed by atoms with Crippen LogP contribution in [-0.2, 0) is 6.54 Å². The molecule has 0 radical (unpaired) electrons. The Kier molecular flexibility index (Phi) is 3.39. The molecule has 1 heterocycles. The van der Waals surface area contributed by atoms with E-state index in [4.69, 9.17) is 23.2 Å². The number of aromatic amines is 1. The third-order valence-corrected chi connectivity index (χ3v) is 2.40. The van der Waals surface area contributed by atoms with Crippen molar-refractivity contribution < 1.29 is 0 Å². The first-order chi connectivity index (χ1) is 6.60. The van der Waals surface area contributed by atoms with Gasteiger partial charge in [-0.2, -0.15) is 5.26 Å². The first-order valence-electron chi connectivity index (χ1n) is 4.46. The lowest BCUT2D eigenvalue weighted by atomic mass is 10.0. The van der Waals surface area contributed by atoms with E-state index in [1.807, 2.05) is 6.07 Å². The second-order valence-electron chi connectivity index (χ2n) is 3.42. The number of nitrogens with one attached hydrogen (secondary N) is 1. The van der Waals surface area contributed by atoms with Crippen LogP contribution in [0.1, 0.15) is 36.6 Å². The highest BCUT2D eigenvalue weighted by atomic mass is 32.1. The zero-order valence-corrected chi connectivity index (χ0v) is 9.11. The number of nitrogens with zero attached hydrogens (tertiary/aromatic N) is 1. The third kappa shape index (κ3) is 2.00. The van der Waals surface area contributed by atoms with Crippen molar-refractivity contribution in [2.45, 2.75) is 26.3 Å². The van der Waals surface area contributed by atoms with Crippen molar-refractivity contribution in [2.24, 2.45) is 5.73 Å². The van der Waals surface area contributed by atoms with Crippen LogP contribution < -0.4 is 5.73 Å². The molecule has 0 saturated carbocycles. The molecule has 1 aromatic rings. The van der Waals surface area contributed by atoms with Crippen LogP contribution in [0.4, 0.5) is 0 Å². The predicted molar refractivity (Wildman–Crippen MR) is 58.3 cm³/mol. The fraction of sp³-hybridized carbons (Fsp3) is 0.400. The van der Waals surface area contributed by atoms with Crippen LogP contribution in [0, 0.1) is 16.0 Å². The molecule has 0 amide bonds. The Balaban J connectivity index is 3.41. The van der Waals surface area contributed by atoms with Gasteiger partial charge in [-0.1, -0.05) is 26.1 Å². The predicted octanol–water partition coefficient (Wildman–Crippen LogP) is 2.20. The molecule has 0 aliphatic carbocycles. The summed E-state index contributed by atoms with van der Waals surface area (Å²) in [5, 5.41) is 8.87. The Hall–Kier alpha value is -1.18. The van der Waals surface area contributed by atoms with Gasteiger partial charge in [-0.3, -0.25) is 0 Å². The highest BCUT2D eigenvalue weighted by Crippen LogP contribution is 2.16. The minimum Gasteiger partial charge on any atom is -0.349 e. The molecular weight excluding hydrogens is 194 g/mol. The van der Waals surface area contributed by atoms with E-state index in [9.17, 15) is 0 Å². The van der Waals surface area contributed by atoms with Crippen LogP contribution in [0.3, 0.4) is 0 Å². The quantitative estimate of drug-likeness (QED) is 0.731. The Labute approximate surface area is 88.6 Å². The van der Waals surface area contributed by atoms with Gasteiger partial charge in [0.2, 0.25) is 0 Å². The Morgan fingerprint density at radius 1 is 1.64 bits per heavy atom. The van der Waals surface area contributed by atoms with E-state index in [0.29, 0.717) is 22.7 Å². The molecule has 1 rings (SSSR count). The fourth-order valence-electron chi connectivity index (χ4n) is 1.23. The van der Waals surface area contributed by atoms with Crippen molar-refractivity contribution in [3.05, 3.63) is 27.5 Å². The van der Waals surface area contributed by atoms with Gasteiger partial charge in [0.05, 0.1) is 5.56 Å². The second kappa shape index (κ2) is 4.36. The minimum atomic E-state index is 0.348. The molecule has 0 atom stereocenters. The number of nitriles is 1. The molecule has 0 aliphatic rings. The number of aromatic nitrogens is 1. The summed E-state index contributed by atoms with van der Waals surface area (Å²) in [5.74, 6) is 0.356. The first-order valence-corrected chi connectivity index (χ1v) is 4.87. The summed E-state index contributed by atoms with van der Waals surface area (Å²) >= 11 is 5.08. The normalized spacial score (nSPS) is 10.2. The zero-order valence-electron chi connectivity index (χ0n) is 8.29. The molecular formula is C10H13N3S. The SMILES string of the molecule is CC(C)c1cc(CN)c(C#N)c(=S)[nH]1. The van der Waals surface area contributed by atoms with E-state index in [2.05, 4.69) is 24.9 Å². The number of hydrogen-bond donors (Lipinski definition) is 2. The lowest BCUT2D eigenvalue weighted by Gasteiger charge is -2.09. The van der Waals surface area contributed by atoms with Crippen LogP contribution in [-0.4, -0.2) is 4.98 Å². The minimum absolute atomic E-state index is 0.348. The Morgan fingerprint density at radius 2 is 2.29 bits per heavy atom. The molecule has 4 heteroatoms. The summed E-state index contributed by atoms with van der Waals surface area (Å²) < 4.78 is 0.485. The van der Waals surface area contributed by atoms with Gasteiger partial charge < -0.3 is 10.7 Å². The van der Waals surface area contributed by atoms with Crippen molar-refractivity contribution in [1.82, 2.24) is 4.98 Å². The van der Waals surface area contributed by atoms with Gasteiger partial charge in [-0.15, -0.1) is 0 Å². The van der Waals surface area contributed by atoms with E-state index in [1.165, 1.54) is 0 Å². The van der Waals surface area contributed by atoms with Gasteiger partial charge in [-0.05, 0) is 17.5 Å². The van der Waals surface area contributed by atoms with Gasteiger partial charge in [0.25, 0.3) is 0 Å². The summed E-state index contributed by atoms with van der Waals surface area (Å²) in [6.07, 6.45) is 0. The summed E-state index contributed by atoms with van der Waals surface area (Å²) in [5.41, 5.74) is 7.89. The lowest BCUT2D eigenvalue weighted by molar-refractivity contribution is 0.812. The molecule has 3 nitrogen and oxygen atoms in total. The maximum atomic E-state index is 8.87. The van der Waals surface area contributed by atoms with E-state index < -0.39 is 0 Å². The largest absolute Gasteiger partial charge is 0.349 e. The molecule has 1 aromatic heterocycles. The van der Waals surface area contributed by atoms with Gasteiger partial charge in [0, 0.05) is 12.2 Å². The van der Waals surface area contributed by atoms with E-state index in [1.54, 1.807) is 0 Å². The van der Waals surface area contributed by atoms with Crippen LogP contribution in [0.5, 0.6) is 0 Å². The summed E-state index contributed by atoms with van der Waals surface area (Å²) in [4.78, 5) is 3.04. The highest BCUT2D eigenvalue weighted by molar-refractivity contribution is 7.71. The average molecular weight is 207 g/mol. The molecule has 14 heavy (non-hydrogen) atoms. The molecule has 0 saturated heterocycles. The third-order valence-electron chi connectivity index (χ3n) is 2.09. The zero-order chi connectivity index (χ0) is 10.7. The number of nitrogens with two attached hydrogens (primary N) is 1. The molecule has 0 aromatic carbocycles. The molecule has 74 valence electrons. The van der Waals surface area contributed by atoms with Crippen molar-refractivity contribution >= 4 is 12.2 Å². The van der Waals surface area contributed by atoms with Crippen molar-refractivity contribution in [1.29, 1.82) is 5.26 Å². The van der Waals surface area contributed by atoms with E-state index in [-0.39, 0.29) is 0 Å². The standard InChI is InChI=1S/C10H13N3S/c1-6(2)9-3-7(4-11)8(5-12)10(14)13-9/h3,6H,4,11H2,1-2H3,(H,13,14). The van der Waals surface area contributed by atoms with Crippen LogP contribution in [0.15, 0.2) is 6.07 Å². The molecule has 0 aliphatic heterocycles. The average Bonchev–Trinajstić information content (AvgIpc) is 2.16. The van der Waals surface area contributed by atoms with Crippen LogP contribution in [0.2, 0.25) is 0 Å². The van der Waals surface area contributed by atoms with Crippen LogP contribution in [0.25, 0.3) is 0 Å². The smallest absolute Gasteiger partial charge is 0.121 e. The second-order valence-corrected chi connectivity index (χ2v) is 3.83. The maximum absolute atomic E-state index is 8.87. The van der Waals surface area contributed by atoms with Gasteiger partial charge in [0.1, 0.15) is 10.7 Å².